The average Bonchev–Trinajstić information content (AvgIpc) is 2.92. The summed E-state index contributed by atoms with van der Waals surface area (Å²) in [5, 5.41) is 10.8. The van der Waals surface area contributed by atoms with Crippen LogP contribution in [0.25, 0.3) is 16.8 Å². The molecule has 4 rings (SSSR count). The molecule has 0 saturated heterocycles. The number of hydrogen-bond acceptors (Lipinski definition) is 3. The van der Waals surface area contributed by atoms with Crippen LogP contribution in [0, 0.1) is 5.82 Å². The molecule has 2 N–H and O–H groups in total. The van der Waals surface area contributed by atoms with Gasteiger partial charge in [0.2, 0.25) is 0 Å². The van der Waals surface area contributed by atoms with E-state index < -0.39 is 0 Å². The number of amides is 1. The number of hydrogen-bond donors (Lipinski definition) is 2. The first-order chi connectivity index (χ1) is 12.6. The van der Waals surface area contributed by atoms with Gasteiger partial charge in [0.25, 0.3) is 5.91 Å². The van der Waals surface area contributed by atoms with E-state index in [1.54, 1.807) is 23.7 Å². The van der Waals surface area contributed by atoms with E-state index in [0.29, 0.717) is 22.7 Å². The van der Waals surface area contributed by atoms with E-state index in [2.05, 4.69) is 28.7 Å². The largest absolute Gasteiger partial charge is 0.384 e. The normalized spacial score (nSPS) is 16.7. The molecule has 1 aromatic carbocycles. The van der Waals surface area contributed by atoms with Crippen molar-refractivity contribution in [3.63, 3.8) is 0 Å². The third kappa shape index (κ3) is 2.71. The van der Waals surface area contributed by atoms with Gasteiger partial charge in [-0.25, -0.2) is 8.91 Å². The molecule has 6 heteroatoms. The fraction of sp³-hybridized carbons (Fsp3) is 0.300. The summed E-state index contributed by atoms with van der Waals surface area (Å²) >= 11 is 0. The molecule has 3 heterocycles. The molecule has 1 unspecified atom stereocenters. The molecular weight excluding hydrogens is 331 g/mol. The van der Waals surface area contributed by atoms with Crippen LogP contribution in [0.3, 0.4) is 0 Å². The molecular formula is C20H21FN4O. The molecule has 1 amide bonds. The fourth-order valence-electron chi connectivity index (χ4n) is 3.61. The lowest BCUT2D eigenvalue weighted by Gasteiger charge is -2.13. The molecule has 134 valence electrons. The zero-order chi connectivity index (χ0) is 18.3. The summed E-state index contributed by atoms with van der Waals surface area (Å²) in [6, 6.07) is 8.12. The Morgan fingerprint density at radius 3 is 2.85 bits per heavy atom. The van der Waals surface area contributed by atoms with E-state index in [1.807, 2.05) is 6.20 Å². The maximum atomic E-state index is 13.3. The van der Waals surface area contributed by atoms with E-state index in [4.69, 9.17) is 0 Å². The molecule has 1 aliphatic rings. The summed E-state index contributed by atoms with van der Waals surface area (Å²) in [6.45, 7) is 3.14. The van der Waals surface area contributed by atoms with Crippen LogP contribution in [-0.2, 0) is 0 Å². The lowest BCUT2D eigenvalue weighted by Crippen LogP contribution is -2.18. The number of benzene rings is 1. The highest BCUT2D eigenvalue weighted by atomic mass is 19.1. The second kappa shape index (κ2) is 6.44. The number of nitrogens with one attached hydrogen (secondary N) is 2. The summed E-state index contributed by atoms with van der Waals surface area (Å²) in [5.74, 6) is -0.107. The summed E-state index contributed by atoms with van der Waals surface area (Å²) in [4.78, 5) is 12.6. The smallest absolute Gasteiger partial charge is 0.255 e. The lowest BCUT2D eigenvalue weighted by atomic mass is 9.96. The van der Waals surface area contributed by atoms with Crippen LogP contribution in [0.1, 0.15) is 41.6 Å². The molecule has 0 spiro atoms. The Morgan fingerprint density at radius 2 is 2.12 bits per heavy atom. The summed E-state index contributed by atoms with van der Waals surface area (Å²) in [7, 11) is 1.61. The number of carbonyl (C=O) groups is 1. The van der Waals surface area contributed by atoms with Gasteiger partial charge in [-0.05, 0) is 54.7 Å². The average molecular weight is 352 g/mol. The van der Waals surface area contributed by atoms with E-state index in [9.17, 15) is 9.18 Å². The summed E-state index contributed by atoms with van der Waals surface area (Å²) in [6.07, 6.45) is 4.16. The highest BCUT2D eigenvalue weighted by molar-refractivity contribution is 6.06. The van der Waals surface area contributed by atoms with Gasteiger partial charge in [0, 0.05) is 19.2 Å². The maximum absolute atomic E-state index is 13.3. The predicted octanol–water partition coefficient (Wildman–Crippen LogP) is 3.81. The number of carbonyl (C=O) groups excluding carboxylic acids is 1. The van der Waals surface area contributed by atoms with Crippen molar-refractivity contribution in [2.45, 2.75) is 25.7 Å². The zero-order valence-electron chi connectivity index (χ0n) is 14.8. The lowest BCUT2D eigenvalue weighted by molar-refractivity contribution is 0.0965. The topological polar surface area (TPSA) is 58.4 Å². The van der Waals surface area contributed by atoms with E-state index >= 15 is 0 Å². The second-order valence-corrected chi connectivity index (χ2v) is 6.75. The molecule has 1 atom stereocenters. The van der Waals surface area contributed by atoms with E-state index in [-0.39, 0.29) is 11.7 Å². The van der Waals surface area contributed by atoms with Crippen molar-refractivity contribution in [1.82, 2.24) is 14.9 Å². The first kappa shape index (κ1) is 16.6. The van der Waals surface area contributed by atoms with Crippen LogP contribution in [-0.4, -0.2) is 29.1 Å². The van der Waals surface area contributed by atoms with Crippen LogP contribution in [0.4, 0.5) is 10.1 Å². The Kier molecular flexibility index (Phi) is 4.11. The molecule has 3 aromatic rings. The third-order valence-electron chi connectivity index (χ3n) is 5.03. The number of pyridine rings is 1. The zero-order valence-corrected chi connectivity index (χ0v) is 14.8. The first-order valence-electron chi connectivity index (χ1n) is 8.86. The van der Waals surface area contributed by atoms with Crippen LogP contribution < -0.4 is 10.6 Å². The van der Waals surface area contributed by atoms with Crippen molar-refractivity contribution in [3.05, 3.63) is 53.5 Å². The molecule has 26 heavy (non-hydrogen) atoms. The SMILES string of the molecule is CNC(=O)c1c(-c2ccc(F)cc2)nn2cc3c(cc12)C(C)CCCN3. The van der Waals surface area contributed by atoms with Gasteiger partial charge in [0.05, 0.1) is 23.0 Å². The first-order valence-corrected chi connectivity index (χ1v) is 8.86. The second-order valence-electron chi connectivity index (χ2n) is 6.75. The Morgan fingerprint density at radius 1 is 1.35 bits per heavy atom. The van der Waals surface area contributed by atoms with Gasteiger partial charge in [-0.2, -0.15) is 5.10 Å². The Bertz CT molecular complexity index is 978. The van der Waals surface area contributed by atoms with Crippen molar-refractivity contribution in [2.24, 2.45) is 0 Å². The number of anilines is 1. The van der Waals surface area contributed by atoms with Crippen molar-refractivity contribution in [2.75, 3.05) is 18.9 Å². The highest BCUT2D eigenvalue weighted by Gasteiger charge is 2.23. The van der Waals surface area contributed by atoms with Crippen LogP contribution in [0.2, 0.25) is 0 Å². The van der Waals surface area contributed by atoms with Gasteiger partial charge in [-0.1, -0.05) is 6.92 Å². The van der Waals surface area contributed by atoms with Crippen molar-refractivity contribution >= 4 is 17.1 Å². The molecule has 0 saturated carbocycles. The number of nitrogens with zero attached hydrogens (tertiary/aromatic N) is 2. The Hall–Kier alpha value is -2.89. The Balaban J connectivity index is 1.98. The summed E-state index contributed by atoms with van der Waals surface area (Å²) in [5.41, 5.74) is 4.79. The monoisotopic (exact) mass is 352 g/mol. The molecule has 0 aliphatic carbocycles. The quantitative estimate of drug-likeness (QED) is 0.737. The standard InChI is InChI=1S/C20H21FN4O/c1-12-4-3-9-23-16-11-25-17(10-15(12)16)18(20(26)22-2)19(24-25)13-5-7-14(21)8-6-13/h5-8,10-12,23H,3-4,9H2,1-2H3,(H,22,26). The maximum Gasteiger partial charge on any atom is 0.255 e. The molecule has 5 nitrogen and oxygen atoms in total. The number of halogens is 1. The molecule has 0 radical (unpaired) electrons. The van der Waals surface area contributed by atoms with E-state index in [0.717, 1.165) is 30.6 Å². The van der Waals surface area contributed by atoms with Gasteiger partial charge < -0.3 is 10.6 Å². The van der Waals surface area contributed by atoms with Gasteiger partial charge in [-0.15, -0.1) is 0 Å². The molecule has 1 aliphatic heterocycles. The number of rotatable bonds is 2. The van der Waals surface area contributed by atoms with Gasteiger partial charge >= 0.3 is 0 Å². The Labute approximate surface area is 151 Å². The summed E-state index contributed by atoms with van der Waals surface area (Å²) < 4.78 is 15.0. The van der Waals surface area contributed by atoms with Gasteiger partial charge in [0.1, 0.15) is 11.5 Å². The van der Waals surface area contributed by atoms with Gasteiger partial charge in [0.15, 0.2) is 0 Å². The van der Waals surface area contributed by atoms with Crippen LogP contribution in [0.5, 0.6) is 0 Å². The minimum atomic E-state index is -0.316. The van der Waals surface area contributed by atoms with Crippen molar-refractivity contribution < 1.29 is 9.18 Å². The van der Waals surface area contributed by atoms with Crippen molar-refractivity contribution in [1.29, 1.82) is 0 Å². The van der Waals surface area contributed by atoms with Crippen molar-refractivity contribution in [3.8, 4) is 11.3 Å². The van der Waals surface area contributed by atoms with Gasteiger partial charge in [-0.3, -0.25) is 4.79 Å². The molecule has 2 aromatic heterocycles. The fourth-order valence-corrected chi connectivity index (χ4v) is 3.61. The highest BCUT2D eigenvalue weighted by Crippen LogP contribution is 2.35. The minimum Gasteiger partial charge on any atom is -0.384 e. The minimum absolute atomic E-state index is 0.200. The number of fused-ring (bicyclic) bond motifs is 2. The van der Waals surface area contributed by atoms with E-state index in [1.165, 1.54) is 17.7 Å². The number of aromatic nitrogens is 2. The molecule has 0 fully saturated rings. The predicted molar refractivity (Wildman–Crippen MR) is 100 cm³/mol. The van der Waals surface area contributed by atoms with Crippen LogP contribution in [0.15, 0.2) is 36.5 Å². The van der Waals surface area contributed by atoms with Crippen LogP contribution >= 0.6 is 0 Å². The molecule has 0 bridgehead atoms. The third-order valence-corrected chi connectivity index (χ3v) is 5.03.